The molecule has 0 saturated carbocycles. The van der Waals surface area contributed by atoms with E-state index in [0.29, 0.717) is 17.1 Å². The summed E-state index contributed by atoms with van der Waals surface area (Å²) in [7, 11) is 2.97. The predicted octanol–water partition coefficient (Wildman–Crippen LogP) is 3.97. The van der Waals surface area contributed by atoms with Gasteiger partial charge in [-0.15, -0.1) is 0 Å². The third kappa shape index (κ3) is 2.31. The van der Waals surface area contributed by atoms with Gasteiger partial charge in [-0.2, -0.15) is 0 Å². The third-order valence-corrected chi connectivity index (χ3v) is 3.71. The van der Waals surface area contributed by atoms with Crippen LogP contribution in [0, 0.1) is 0 Å². The highest BCUT2D eigenvalue weighted by atomic mass is 35.5. The molecule has 2 aromatic carbocycles. The summed E-state index contributed by atoms with van der Waals surface area (Å²) in [6, 6.07) is 11.0. The molecule has 5 heteroatoms. The summed E-state index contributed by atoms with van der Waals surface area (Å²) in [5.41, 5.74) is 1.18. The second-order valence-electron chi connectivity index (χ2n) is 4.65. The normalized spacial score (nSPS) is 14.7. The molecule has 1 aliphatic heterocycles. The van der Waals surface area contributed by atoms with Crippen molar-refractivity contribution in [2.24, 2.45) is 0 Å². The summed E-state index contributed by atoms with van der Waals surface area (Å²) < 4.78 is 16.1. The first-order chi connectivity index (χ1) is 10.7. The lowest BCUT2D eigenvalue weighted by molar-refractivity contribution is 0.101. The zero-order valence-corrected chi connectivity index (χ0v) is 12.8. The molecular weight excluding hydrogens is 304 g/mol. The van der Waals surface area contributed by atoms with Gasteiger partial charge in [0.1, 0.15) is 22.1 Å². The molecule has 0 fully saturated rings. The molecule has 1 heterocycles. The van der Waals surface area contributed by atoms with Crippen LogP contribution < -0.4 is 14.2 Å². The van der Waals surface area contributed by atoms with Gasteiger partial charge in [-0.25, -0.2) is 0 Å². The Bertz CT molecular complexity index is 766. The fourth-order valence-corrected chi connectivity index (χ4v) is 2.55. The number of hydrogen-bond acceptors (Lipinski definition) is 4. The van der Waals surface area contributed by atoms with Crippen LogP contribution in [0.1, 0.15) is 15.9 Å². The fraction of sp³-hybridized carbons (Fsp3) is 0.118. The number of rotatable bonds is 3. The molecule has 0 amide bonds. The number of benzene rings is 2. The topological polar surface area (TPSA) is 44.8 Å². The van der Waals surface area contributed by atoms with E-state index in [1.807, 2.05) is 30.3 Å². The standard InChI is InChI=1S/C17H13ClO4/c1-20-11-9-12(21-2)15(18)17-14(11)16(19)13(22-17)8-10-6-4-3-5-7-10/h3-9H,1-2H3/b13-8-. The minimum Gasteiger partial charge on any atom is -0.496 e. The van der Waals surface area contributed by atoms with Crippen LogP contribution in [0.25, 0.3) is 6.08 Å². The molecule has 22 heavy (non-hydrogen) atoms. The minimum absolute atomic E-state index is 0.203. The second kappa shape index (κ2) is 5.73. The molecule has 112 valence electrons. The summed E-state index contributed by atoms with van der Waals surface area (Å²) in [5.74, 6) is 0.976. The van der Waals surface area contributed by atoms with Gasteiger partial charge in [-0.3, -0.25) is 4.79 Å². The molecule has 0 spiro atoms. The van der Waals surface area contributed by atoms with E-state index in [4.69, 9.17) is 25.8 Å². The van der Waals surface area contributed by atoms with E-state index in [0.717, 1.165) is 5.56 Å². The average molecular weight is 317 g/mol. The quantitative estimate of drug-likeness (QED) is 0.804. The number of methoxy groups -OCH3 is 2. The Balaban J connectivity index is 2.11. The number of carbonyl (C=O) groups is 1. The molecule has 2 aromatic rings. The molecule has 0 bridgehead atoms. The van der Waals surface area contributed by atoms with Gasteiger partial charge in [-0.05, 0) is 11.6 Å². The van der Waals surface area contributed by atoms with Crippen LogP contribution >= 0.6 is 11.6 Å². The van der Waals surface area contributed by atoms with Crippen LogP contribution in [0.15, 0.2) is 42.2 Å². The van der Waals surface area contributed by atoms with Gasteiger partial charge in [0.25, 0.3) is 0 Å². The maximum atomic E-state index is 12.6. The van der Waals surface area contributed by atoms with Gasteiger partial charge < -0.3 is 14.2 Å². The number of Topliss-reactive ketones (excluding diaryl/α,β-unsaturated/α-hetero) is 1. The molecule has 0 aromatic heterocycles. The molecule has 1 aliphatic rings. The predicted molar refractivity (Wildman–Crippen MR) is 83.9 cm³/mol. The summed E-state index contributed by atoms with van der Waals surface area (Å²) >= 11 is 6.23. The molecule has 0 aliphatic carbocycles. The van der Waals surface area contributed by atoms with Crippen molar-refractivity contribution in [3.05, 3.63) is 58.3 Å². The molecule has 3 rings (SSSR count). The van der Waals surface area contributed by atoms with Gasteiger partial charge in [0.2, 0.25) is 5.78 Å². The smallest absolute Gasteiger partial charge is 0.235 e. The number of carbonyl (C=O) groups excluding carboxylic acids is 1. The van der Waals surface area contributed by atoms with Crippen molar-refractivity contribution in [3.63, 3.8) is 0 Å². The van der Waals surface area contributed by atoms with Gasteiger partial charge >= 0.3 is 0 Å². The van der Waals surface area contributed by atoms with Crippen molar-refractivity contribution in [3.8, 4) is 17.2 Å². The third-order valence-electron chi connectivity index (χ3n) is 3.35. The summed E-state index contributed by atoms with van der Waals surface area (Å²) in [6.07, 6.45) is 1.67. The van der Waals surface area contributed by atoms with Crippen LogP contribution in [-0.2, 0) is 0 Å². The van der Waals surface area contributed by atoms with E-state index >= 15 is 0 Å². The first-order valence-corrected chi connectivity index (χ1v) is 6.97. The lowest BCUT2D eigenvalue weighted by Gasteiger charge is -2.10. The van der Waals surface area contributed by atoms with E-state index in [-0.39, 0.29) is 22.3 Å². The van der Waals surface area contributed by atoms with Crippen molar-refractivity contribution < 1.29 is 19.0 Å². The summed E-state index contributed by atoms with van der Waals surface area (Å²) in [4.78, 5) is 12.6. The van der Waals surface area contributed by atoms with Crippen LogP contribution in [-0.4, -0.2) is 20.0 Å². The molecular formula is C17H13ClO4. The lowest BCUT2D eigenvalue weighted by Crippen LogP contribution is -2.00. The largest absolute Gasteiger partial charge is 0.496 e. The Hall–Kier alpha value is -2.46. The number of ether oxygens (including phenoxy) is 3. The SMILES string of the molecule is COc1cc(OC)c2c(c1Cl)O/C(=C\c1ccccc1)C2=O. The van der Waals surface area contributed by atoms with Gasteiger partial charge in [-0.1, -0.05) is 41.9 Å². The monoisotopic (exact) mass is 316 g/mol. The number of hydrogen-bond donors (Lipinski definition) is 0. The summed E-state index contributed by atoms with van der Waals surface area (Å²) in [6.45, 7) is 0. The minimum atomic E-state index is -0.264. The van der Waals surface area contributed by atoms with E-state index in [1.54, 1.807) is 12.1 Å². The van der Waals surface area contributed by atoms with Crippen molar-refractivity contribution in [1.82, 2.24) is 0 Å². The number of halogens is 1. The summed E-state index contributed by atoms with van der Waals surface area (Å²) in [5, 5.41) is 0.253. The maximum Gasteiger partial charge on any atom is 0.235 e. The highest BCUT2D eigenvalue weighted by Gasteiger charge is 2.35. The van der Waals surface area contributed by atoms with Crippen LogP contribution in [0.5, 0.6) is 17.2 Å². The highest BCUT2D eigenvalue weighted by molar-refractivity contribution is 6.35. The van der Waals surface area contributed by atoms with Crippen molar-refractivity contribution in [1.29, 1.82) is 0 Å². The highest BCUT2D eigenvalue weighted by Crippen LogP contribution is 2.47. The van der Waals surface area contributed by atoms with Gasteiger partial charge in [0.05, 0.1) is 14.2 Å². The fourth-order valence-electron chi connectivity index (χ4n) is 2.28. The Morgan fingerprint density at radius 2 is 1.77 bits per heavy atom. The Morgan fingerprint density at radius 1 is 1.09 bits per heavy atom. The van der Waals surface area contributed by atoms with Crippen molar-refractivity contribution >= 4 is 23.5 Å². The van der Waals surface area contributed by atoms with Gasteiger partial charge in [0.15, 0.2) is 11.5 Å². The first-order valence-electron chi connectivity index (χ1n) is 6.59. The van der Waals surface area contributed by atoms with E-state index in [2.05, 4.69) is 0 Å². The molecule has 0 unspecified atom stereocenters. The number of ketones is 1. The number of fused-ring (bicyclic) bond motifs is 1. The lowest BCUT2D eigenvalue weighted by atomic mass is 10.1. The van der Waals surface area contributed by atoms with E-state index in [9.17, 15) is 4.79 Å². The van der Waals surface area contributed by atoms with Crippen molar-refractivity contribution in [2.75, 3.05) is 14.2 Å². The first kappa shape index (κ1) is 14.5. The van der Waals surface area contributed by atoms with Crippen LogP contribution in [0.3, 0.4) is 0 Å². The molecule has 0 atom stereocenters. The average Bonchev–Trinajstić information content (AvgIpc) is 2.87. The zero-order valence-electron chi connectivity index (χ0n) is 12.1. The van der Waals surface area contributed by atoms with Gasteiger partial charge in [0, 0.05) is 6.07 Å². The number of allylic oxidation sites excluding steroid dienone is 1. The Morgan fingerprint density at radius 3 is 2.41 bits per heavy atom. The van der Waals surface area contributed by atoms with E-state index < -0.39 is 0 Å². The second-order valence-corrected chi connectivity index (χ2v) is 5.03. The zero-order chi connectivity index (χ0) is 15.7. The molecule has 0 radical (unpaired) electrons. The maximum absolute atomic E-state index is 12.6. The molecule has 0 N–H and O–H groups in total. The molecule has 0 saturated heterocycles. The van der Waals surface area contributed by atoms with Crippen molar-refractivity contribution in [2.45, 2.75) is 0 Å². The van der Waals surface area contributed by atoms with Crippen LogP contribution in [0.4, 0.5) is 0 Å². The Kier molecular flexibility index (Phi) is 3.77. The van der Waals surface area contributed by atoms with Crippen LogP contribution in [0.2, 0.25) is 5.02 Å². The Labute approximate surface area is 132 Å². The van der Waals surface area contributed by atoms with E-state index in [1.165, 1.54) is 14.2 Å². The molecule has 4 nitrogen and oxygen atoms in total.